The highest BCUT2D eigenvalue weighted by molar-refractivity contribution is 5.63. The lowest BCUT2D eigenvalue weighted by Crippen LogP contribution is -1.87. The number of unbranched alkanes of at least 4 members (excludes halogenated alkanes) is 9. The molecule has 0 aromatic heterocycles. The highest BCUT2D eigenvalue weighted by atomic mass is 16.3. The summed E-state index contributed by atoms with van der Waals surface area (Å²) in [5.41, 5.74) is 3.39. The van der Waals surface area contributed by atoms with Crippen LogP contribution in [0.5, 0.6) is 11.5 Å². The average molecular weight is 433 g/mol. The maximum atomic E-state index is 9.65. The molecular formula is C30H40O2. The van der Waals surface area contributed by atoms with E-state index in [4.69, 9.17) is 5.11 Å². The van der Waals surface area contributed by atoms with Crippen LogP contribution < -0.4 is 0 Å². The highest BCUT2D eigenvalue weighted by Crippen LogP contribution is 2.21. The Morgan fingerprint density at radius 1 is 0.500 bits per heavy atom. The van der Waals surface area contributed by atoms with E-state index in [1.165, 1.54) is 69.8 Å². The van der Waals surface area contributed by atoms with E-state index in [0.29, 0.717) is 11.5 Å². The summed E-state index contributed by atoms with van der Waals surface area (Å²) in [6.07, 6.45) is 14.6. The zero-order valence-corrected chi connectivity index (χ0v) is 19.7. The van der Waals surface area contributed by atoms with Crippen LogP contribution in [0.4, 0.5) is 0 Å². The zero-order chi connectivity index (χ0) is 22.9. The van der Waals surface area contributed by atoms with E-state index in [-0.39, 0.29) is 0 Å². The Morgan fingerprint density at radius 2 is 1.00 bits per heavy atom. The van der Waals surface area contributed by atoms with Crippen LogP contribution in [-0.2, 0) is 6.42 Å². The molecule has 32 heavy (non-hydrogen) atoms. The molecule has 0 saturated heterocycles. The summed E-state index contributed by atoms with van der Waals surface area (Å²) in [4.78, 5) is 0. The summed E-state index contributed by atoms with van der Waals surface area (Å²) in [6, 6.07) is 25.0. The number of aromatic hydroxyl groups is 2. The first-order valence-corrected chi connectivity index (χ1v) is 12.3. The molecule has 0 bridgehead atoms. The number of hydrogen-bond acceptors (Lipinski definition) is 2. The minimum Gasteiger partial charge on any atom is -0.508 e. The van der Waals surface area contributed by atoms with Crippen molar-refractivity contribution in [1.82, 2.24) is 0 Å². The van der Waals surface area contributed by atoms with Crippen LogP contribution in [0.25, 0.3) is 11.1 Å². The lowest BCUT2D eigenvalue weighted by atomic mass is 10.0. The first kappa shape index (κ1) is 25.5. The van der Waals surface area contributed by atoms with Gasteiger partial charge < -0.3 is 10.2 Å². The van der Waals surface area contributed by atoms with Gasteiger partial charge in [0, 0.05) is 0 Å². The maximum Gasteiger partial charge on any atom is 0.118 e. The molecule has 3 aromatic carbocycles. The Morgan fingerprint density at radius 3 is 1.59 bits per heavy atom. The van der Waals surface area contributed by atoms with Crippen LogP contribution in [0.2, 0.25) is 0 Å². The quantitative estimate of drug-likeness (QED) is 0.280. The van der Waals surface area contributed by atoms with E-state index in [1.54, 1.807) is 18.2 Å². The summed E-state index contributed by atoms with van der Waals surface area (Å²) in [5, 5.41) is 18.8. The fraction of sp³-hybridized carbons (Fsp3) is 0.400. The zero-order valence-electron chi connectivity index (χ0n) is 19.7. The van der Waals surface area contributed by atoms with Gasteiger partial charge in [0.15, 0.2) is 0 Å². The predicted octanol–water partition coefficient (Wildman–Crippen LogP) is 8.91. The second-order valence-electron chi connectivity index (χ2n) is 8.47. The van der Waals surface area contributed by atoms with Crippen LogP contribution in [0.1, 0.15) is 76.7 Å². The lowest BCUT2D eigenvalue weighted by molar-refractivity contribution is 0.466. The van der Waals surface area contributed by atoms with Gasteiger partial charge in [0.1, 0.15) is 11.5 Å². The Hall–Kier alpha value is -2.74. The molecule has 2 nitrogen and oxygen atoms in total. The first-order chi connectivity index (χ1) is 15.7. The number of aryl methyl sites for hydroxylation is 1. The Bertz CT molecular complexity index is 840. The Kier molecular flexibility index (Phi) is 12.7. The van der Waals surface area contributed by atoms with E-state index in [9.17, 15) is 5.11 Å². The molecule has 0 atom stereocenters. The summed E-state index contributed by atoms with van der Waals surface area (Å²) >= 11 is 0. The number of phenols is 2. The first-order valence-electron chi connectivity index (χ1n) is 12.3. The third-order valence-electron chi connectivity index (χ3n) is 5.77. The molecule has 0 saturated carbocycles. The third kappa shape index (κ3) is 10.5. The normalized spacial score (nSPS) is 10.4. The van der Waals surface area contributed by atoms with Crippen molar-refractivity contribution in [2.24, 2.45) is 0 Å². The SMILES string of the molecule is CCCCCCCCCCCCc1ccccc1O.Oc1ccc(-c2ccccc2)cc1. The second-order valence-corrected chi connectivity index (χ2v) is 8.47. The van der Waals surface area contributed by atoms with Gasteiger partial charge in [-0.25, -0.2) is 0 Å². The monoisotopic (exact) mass is 432 g/mol. The van der Waals surface area contributed by atoms with Crippen LogP contribution in [-0.4, -0.2) is 10.2 Å². The van der Waals surface area contributed by atoms with Gasteiger partial charge in [-0.3, -0.25) is 0 Å². The number of benzene rings is 3. The number of rotatable bonds is 12. The maximum absolute atomic E-state index is 9.65. The van der Waals surface area contributed by atoms with E-state index < -0.39 is 0 Å². The van der Waals surface area contributed by atoms with Gasteiger partial charge in [0.05, 0.1) is 0 Å². The van der Waals surface area contributed by atoms with Crippen LogP contribution in [0, 0.1) is 0 Å². The molecule has 0 unspecified atom stereocenters. The third-order valence-corrected chi connectivity index (χ3v) is 5.77. The topological polar surface area (TPSA) is 40.5 Å². The van der Waals surface area contributed by atoms with E-state index >= 15 is 0 Å². The molecule has 172 valence electrons. The number of hydrogen-bond donors (Lipinski definition) is 2. The molecule has 0 spiro atoms. The molecule has 2 N–H and O–H groups in total. The second kappa shape index (κ2) is 16.0. The van der Waals surface area contributed by atoms with Gasteiger partial charge in [-0.05, 0) is 47.7 Å². The minimum absolute atomic E-state index is 0.305. The van der Waals surface area contributed by atoms with Crippen molar-refractivity contribution < 1.29 is 10.2 Å². The fourth-order valence-corrected chi connectivity index (χ4v) is 3.81. The molecule has 0 heterocycles. The highest BCUT2D eigenvalue weighted by Gasteiger charge is 1.99. The molecule has 0 aliphatic carbocycles. The molecule has 3 rings (SSSR count). The van der Waals surface area contributed by atoms with Crippen molar-refractivity contribution in [2.45, 2.75) is 77.6 Å². The molecule has 0 amide bonds. The van der Waals surface area contributed by atoms with Gasteiger partial charge in [0.25, 0.3) is 0 Å². The molecule has 0 fully saturated rings. The summed E-state index contributed by atoms with van der Waals surface area (Å²) < 4.78 is 0. The van der Waals surface area contributed by atoms with Crippen LogP contribution in [0.3, 0.4) is 0 Å². The summed E-state index contributed by atoms with van der Waals surface area (Å²) in [6.45, 7) is 2.27. The molecular weight excluding hydrogens is 392 g/mol. The molecule has 2 heteroatoms. The van der Waals surface area contributed by atoms with Gasteiger partial charge in [-0.1, -0.05) is 125 Å². The van der Waals surface area contributed by atoms with E-state index in [0.717, 1.165) is 17.5 Å². The smallest absolute Gasteiger partial charge is 0.118 e. The Balaban J connectivity index is 0.000000242. The van der Waals surface area contributed by atoms with Gasteiger partial charge in [-0.2, -0.15) is 0 Å². The average Bonchev–Trinajstić information content (AvgIpc) is 2.83. The van der Waals surface area contributed by atoms with Crippen molar-refractivity contribution in [2.75, 3.05) is 0 Å². The van der Waals surface area contributed by atoms with Crippen molar-refractivity contribution in [3.05, 3.63) is 84.4 Å². The lowest BCUT2D eigenvalue weighted by Gasteiger charge is -2.04. The molecule has 0 aliphatic rings. The molecule has 0 aliphatic heterocycles. The van der Waals surface area contributed by atoms with E-state index in [1.807, 2.05) is 60.7 Å². The van der Waals surface area contributed by atoms with Crippen LogP contribution >= 0.6 is 0 Å². The Labute approximate surface area is 195 Å². The molecule has 0 radical (unpaired) electrons. The molecule has 3 aromatic rings. The minimum atomic E-state index is 0.305. The van der Waals surface area contributed by atoms with Gasteiger partial charge >= 0.3 is 0 Å². The van der Waals surface area contributed by atoms with Gasteiger partial charge in [-0.15, -0.1) is 0 Å². The largest absolute Gasteiger partial charge is 0.508 e. The van der Waals surface area contributed by atoms with Crippen molar-refractivity contribution in [1.29, 1.82) is 0 Å². The van der Waals surface area contributed by atoms with Crippen molar-refractivity contribution in [3.63, 3.8) is 0 Å². The number of phenolic OH excluding ortho intramolecular Hbond substituents is 2. The fourth-order valence-electron chi connectivity index (χ4n) is 3.81. The predicted molar refractivity (Wildman–Crippen MR) is 137 cm³/mol. The standard InChI is InChI=1S/C18H30O.C12H10O/c1-2-3-4-5-6-7-8-9-10-11-14-17-15-12-13-16-18(17)19;13-12-8-6-11(7-9-12)10-4-2-1-3-5-10/h12-13,15-16,19H,2-11,14H2,1H3;1-9,13H. The van der Waals surface area contributed by atoms with E-state index in [2.05, 4.69) is 6.92 Å². The number of para-hydroxylation sites is 1. The van der Waals surface area contributed by atoms with Gasteiger partial charge in [0.2, 0.25) is 0 Å². The van der Waals surface area contributed by atoms with Crippen LogP contribution in [0.15, 0.2) is 78.9 Å². The summed E-state index contributed by atoms with van der Waals surface area (Å²) in [5.74, 6) is 0.762. The summed E-state index contributed by atoms with van der Waals surface area (Å²) in [7, 11) is 0. The van der Waals surface area contributed by atoms with Crippen molar-refractivity contribution >= 4 is 0 Å². The van der Waals surface area contributed by atoms with Crippen molar-refractivity contribution in [3.8, 4) is 22.6 Å².